The van der Waals surface area contributed by atoms with Crippen LogP contribution in [0.2, 0.25) is 0 Å². The van der Waals surface area contributed by atoms with E-state index in [1.54, 1.807) is 25.3 Å². The van der Waals surface area contributed by atoms with Crippen LogP contribution in [0.1, 0.15) is 17.1 Å². The Labute approximate surface area is 117 Å². The Morgan fingerprint density at radius 1 is 1.35 bits per heavy atom. The molecule has 1 aromatic carbocycles. The van der Waals surface area contributed by atoms with Crippen molar-refractivity contribution < 1.29 is 8.42 Å². The van der Waals surface area contributed by atoms with Gasteiger partial charge in [-0.15, -0.1) is 0 Å². The van der Waals surface area contributed by atoms with Crippen molar-refractivity contribution in [3.05, 3.63) is 53.6 Å². The molecule has 1 heterocycles. The van der Waals surface area contributed by atoms with Crippen LogP contribution < -0.4 is 4.72 Å². The van der Waals surface area contributed by atoms with Gasteiger partial charge in [0.1, 0.15) is 5.82 Å². The predicted octanol–water partition coefficient (Wildman–Crippen LogP) is 1.14. The van der Waals surface area contributed by atoms with E-state index in [4.69, 9.17) is 5.26 Å². The third-order valence-electron chi connectivity index (χ3n) is 2.55. The van der Waals surface area contributed by atoms with E-state index >= 15 is 0 Å². The smallest absolute Gasteiger partial charge is 0.240 e. The van der Waals surface area contributed by atoms with E-state index in [-0.39, 0.29) is 11.4 Å². The monoisotopic (exact) mass is 288 g/mol. The molecule has 6 nitrogen and oxygen atoms in total. The number of rotatable bonds is 4. The van der Waals surface area contributed by atoms with Crippen molar-refractivity contribution >= 4 is 10.0 Å². The highest BCUT2D eigenvalue weighted by Crippen LogP contribution is 2.11. The summed E-state index contributed by atoms with van der Waals surface area (Å²) < 4.78 is 26.6. The summed E-state index contributed by atoms with van der Waals surface area (Å²) in [5, 5.41) is 8.78. The summed E-state index contributed by atoms with van der Waals surface area (Å²) >= 11 is 0. The molecule has 2 aromatic rings. The molecular formula is C13H12N4O2S. The topological polar surface area (TPSA) is 95.7 Å². The van der Waals surface area contributed by atoms with Gasteiger partial charge in [0.05, 0.1) is 28.8 Å². The molecular weight excluding hydrogens is 276 g/mol. The van der Waals surface area contributed by atoms with Crippen LogP contribution in [-0.4, -0.2) is 18.4 Å². The fraction of sp³-hybridized carbons (Fsp3) is 0.154. The standard InChI is InChI=1S/C13H12N4O2S/c1-10-15-6-5-12(17-10)9-16-20(18,19)13-4-2-3-11(7-13)8-14/h2-7,16H,9H2,1H3. The van der Waals surface area contributed by atoms with Gasteiger partial charge in [0.2, 0.25) is 10.0 Å². The van der Waals surface area contributed by atoms with Crippen molar-refractivity contribution in [3.63, 3.8) is 0 Å². The molecule has 2 rings (SSSR count). The molecule has 1 aromatic heterocycles. The summed E-state index contributed by atoms with van der Waals surface area (Å²) in [6, 6.07) is 9.39. The van der Waals surface area contributed by atoms with Crippen LogP contribution in [0.3, 0.4) is 0 Å². The van der Waals surface area contributed by atoms with Crippen molar-refractivity contribution in [3.8, 4) is 6.07 Å². The maximum Gasteiger partial charge on any atom is 0.240 e. The zero-order valence-corrected chi connectivity index (χ0v) is 11.6. The number of nitriles is 1. The van der Waals surface area contributed by atoms with Crippen LogP contribution in [0.5, 0.6) is 0 Å². The fourth-order valence-electron chi connectivity index (χ4n) is 1.59. The van der Waals surface area contributed by atoms with E-state index in [0.29, 0.717) is 17.1 Å². The number of hydrogen-bond donors (Lipinski definition) is 1. The van der Waals surface area contributed by atoms with Crippen molar-refractivity contribution in [1.29, 1.82) is 5.26 Å². The van der Waals surface area contributed by atoms with Gasteiger partial charge in [-0.2, -0.15) is 5.26 Å². The Kier molecular flexibility index (Phi) is 4.08. The predicted molar refractivity (Wildman–Crippen MR) is 72.0 cm³/mol. The number of benzene rings is 1. The van der Waals surface area contributed by atoms with Crippen LogP contribution in [0.15, 0.2) is 41.4 Å². The molecule has 0 unspecified atom stereocenters. The highest BCUT2D eigenvalue weighted by molar-refractivity contribution is 7.89. The summed E-state index contributed by atoms with van der Waals surface area (Å²) in [7, 11) is -3.67. The van der Waals surface area contributed by atoms with Gasteiger partial charge in [-0.3, -0.25) is 0 Å². The summed E-state index contributed by atoms with van der Waals surface area (Å²) in [6.07, 6.45) is 1.57. The molecule has 0 aliphatic rings. The Bertz CT molecular complexity index is 766. The molecule has 0 aliphatic heterocycles. The zero-order chi connectivity index (χ0) is 14.6. The molecule has 0 saturated carbocycles. The maximum atomic E-state index is 12.1. The second kappa shape index (κ2) is 5.77. The van der Waals surface area contributed by atoms with Crippen LogP contribution >= 0.6 is 0 Å². The van der Waals surface area contributed by atoms with Gasteiger partial charge in [0, 0.05) is 6.20 Å². The van der Waals surface area contributed by atoms with Gasteiger partial charge < -0.3 is 0 Å². The summed E-state index contributed by atoms with van der Waals surface area (Å²) in [4.78, 5) is 8.11. The third kappa shape index (κ3) is 3.38. The minimum absolute atomic E-state index is 0.0577. The van der Waals surface area contributed by atoms with Crippen LogP contribution in [0, 0.1) is 18.3 Å². The lowest BCUT2D eigenvalue weighted by Gasteiger charge is -2.06. The largest absolute Gasteiger partial charge is 0.242 e. The number of aryl methyl sites for hydroxylation is 1. The molecule has 0 amide bonds. The average molecular weight is 288 g/mol. The number of aromatic nitrogens is 2. The van der Waals surface area contributed by atoms with Crippen molar-refractivity contribution in [2.24, 2.45) is 0 Å². The maximum absolute atomic E-state index is 12.1. The summed E-state index contributed by atoms with van der Waals surface area (Å²) in [5.41, 5.74) is 0.878. The van der Waals surface area contributed by atoms with Gasteiger partial charge in [0.25, 0.3) is 0 Å². The first kappa shape index (κ1) is 14.1. The minimum Gasteiger partial charge on any atom is -0.242 e. The van der Waals surface area contributed by atoms with Gasteiger partial charge >= 0.3 is 0 Å². The lowest BCUT2D eigenvalue weighted by Crippen LogP contribution is -2.24. The Hall–Kier alpha value is -2.30. The van der Waals surface area contributed by atoms with E-state index in [1.807, 2.05) is 6.07 Å². The SMILES string of the molecule is Cc1nccc(CNS(=O)(=O)c2cccc(C#N)c2)n1. The molecule has 102 valence electrons. The highest BCUT2D eigenvalue weighted by atomic mass is 32.2. The van der Waals surface area contributed by atoms with Crippen molar-refractivity contribution in [2.45, 2.75) is 18.4 Å². The quantitative estimate of drug-likeness (QED) is 0.910. The zero-order valence-electron chi connectivity index (χ0n) is 10.7. The van der Waals surface area contributed by atoms with Gasteiger partial charge in [-0.05, 0) is 31.2 Å². The van der Waals surface area contributed by atoms with E-state index in [2.05, 4.69) is 14.7 Å². The molecule has 20 heavy (non-hydrogen) atoms. The second-order valence-corrected chi connectivity index (χ2v) is 5.83. The van der Waals surface area contributed by atoms with E-state index in [9.17, 15) is 8.42 Å². The van der Waals surface area contributed by atoms with Gasteiger partial charge in [-0.1, -0.05) is 6.07 Å². The normalized spacial score (nSPS) is 11.0. The second-order valence-electron chi connectivity index (χ2n) is 4.06. The van der Waals surface area contributed by atoms with Gasteiger partial charge in [-0.25, -0.2) is 23.1 Å². The molecule has 0 radical (unpaired) electrons. The number of hydrogen-bond acceptors (Lipinski definition) is 5. The molecule has 0 bridgehead atoms. The number of nitrogens with zero attached hydrogens (tertiary/aromatic N) is 3. The first-order valence-electron chi connectivity index (χ1n) is 5.79. The third-order valence-corrected chi connectivity index (χ3v) is 3.95. The van der Waals surface area contributed by atoms with Crippen molar-refractivity contribution in [1.82, 2.24) is 14.7 Å². The summed E-state index contributed by atoms with van der Waals surface area (Å²) in [5.74, 6) is 0.577. The fourth-order valence-corrected chi connectivity index (χ4v) is 2.63. The highest BCUT2D eigenvalue weighted by Gasteiger charge is 2.14. The summed E-state index contributed by atoms with van der Waals surface area (Å²) in [6.45, 7) is 1.80. The molecule has 0 saturated heterocycles. The van der Waals surface area contributed by atoms with Crippen molar-refractivity contribution in [2.75, 3.05) is 0 Å². The Balaban J connectivity index is 2.17. The molecule has 7 heteroatoms. The first-order valence-corrected chi connectivity index (χ1v) is 7.28. The lowest BCUT2D eigenvalue weighted by atomic mass is 10.2. The molecule has 0 spiro atoms. The molecule has 0 aliphatic carbocycles. The molecule has 1 N–H and O–H groups in total. The van der Waals surface area contributed by atoms with Crippen LogP contribution in [0.4, 0.5) is 0 Å². The average Bonchev–Trinajstić information content (AvgIpc) is 2.45. The molecule has 0 atom stereocenters. The van der Waals surface area contributed by atoms with Crippen LogP contribution in [-0.2, 0) is 16.6 Å². The number of nitrogens with one attached hydrogen (secondary N) is 1. The van der Waals surface area contributed by atoms with Crippen LogP contribution in [0.25, 0.3) is 0 Å². The number of sulfonamides is 1. The Morgan fingerprint density at radius 3 is 2.85 bits per heavy atom. The van der Waals surface area contributed by atoms with E-state index in [1.165, 1.54) is 18.2 Å². The van der Waals surface area contributed by atoms with E-state index in [0.717, 1.165) is 0 Å². The minimum atomic E-state index is -3.67. The first-order chi connectivity index (χ1) is 9.51. The molecule has 0 fully saturated rings. The van der Waals surface area contributed by atoms with E-state index < -0.39 is 10.0 Å². The van der Waals surface area contributed by atoms with Gasteiger partial charge in [0.15, 0.2) is 0 Å². The Morgan fingerprint density at radius 2 is 2.15 bits per heavy atom. The lowest BCUT2D eigenvalue weighted by molar-refractivity contribution is 0.580.